The number of unbranched alkanes of at least 4 members (excludes halogenated alkanes) is 2. The number of hydrogen-bond donors (Lipinski definition) is 7. The number of pyridine rings is 2. The highest BCUT2D eigenvalue weighted by atomic mass is 35.5. The third-order valence-electron chi connectivity index (χ3n) is 12.2. The molecule has 0 aliphatic carbocycles. The molecule has 8 aromatic rings. The van der Waals surface area contributed by atoms with Crippen LogP contribution in [0.4, 0.5) is 26.1 Å². The fourth-order valence-electron chi connectivity index (χ4n) is 8.09. The van der Waals surface area contributed by atoms with E-state index in [4.69, 9.17) is 31.5 Å². The number of nitriles is 1. The number of rotatable bonds is 28. The van der Waals surface area contributed by atoms with Crippen molar-refractivity contribution in [3.63, 3.8) is 0 Å². The molecule has 8 N–H and O–H groups in total. The molecular formula is C53H54ClF2N17O8. The SMILES string of the molecule is Cc1nc2cc(F)c(-c3cnc(OCCCCCn4cc(COCCOCCNC(=O)[C@H](CCC(=O)O)NC(=O)c5ccc(NCc6cnc7nc(N)nc(O)c7n6)cc5)nn4)nc3)nc2c(N[C@H](C)c2cc(C#N)ccc2F)c1Cl. The number of fused-ring (bicyclic) bond motifs is 2. The lowest BCUT2D eigenvalue weighted by atomic mass is 10.0. The van der Waals surface area contributed by atoms with Crippen molar-refractivity contribution in [1.82, 2.24) is 65.5 Å². The summed E-state index contributed by atoms with van der Waals surface area (Å²) in [5, 5.41) is 48.8. The number of amides is 2. The van der Waals surface area contributed by atoms with Gasteiger partial charge in [0.05, 0.1) is 97.3 Å². The molecular weight excluding hydrogens is 1080 g/mol. The van der Waals surface area contributed by atoms with Crippen molar-refractivity contribution in [2.75, 3.05) is 49.3 Å². The molecule has 8 rings (SSSR count). The van der Waals surface area contributed by atoms with E-state index in [0.717, 1.165) is 12.8 Å². The van der Waals surface area contributed by atoms with Crippen LogP contribution in [0.15, 0.2) is 73.3 Å². The van der Waals surface area contributed by atoms with Crippen LogP contribution in [-0.4, -0.2) is 122 Å². The Morgan fingerprint density at radius 1 is 0.889 bits per heavy atom. The van der Waals surface area contributed by atoms with Crippen molar-refractivity contribution < 1.29 is 47.6 Å². The van der Waals surface area contributed by atoms with Crippen molar-refractivity contribution in [3.8, 4) is 29.2 Å². The fourth-order valence-corrected chi connectivity index (χ4v) is 8.27. The van der Waals surface area contributed by atoms with E-state index in [1.54, 1.807) is 49.0 Å². The molecule has 0 bridgehead atoms. The number of aromatic hydroxyl groups is 1. The van der Waals surface area contributed by atoms with E-state index < -0.39 is 47.4 Å². The van der Waals surface area contributed by atoms with Gasteiger partial charge in [-0.2, -0.15) is 15.2 Å². The normalized spacial score (nSPS) is 12.0. The number of halogens is 3. The van der Waals surface area contributed by atoms with Gasteiger partial charge in [-0.1, -0.05) is 16.8 Å². The molecule has 0 aliphatic heterocycles. The minimum atomic E-state index is -1.12. The van der Waals surface area contributed by atoms with Gasteiger partial charge < -0.3 is 51.4 Å². The zero-order valence-corrected chi connectivity index (χ0v) is 44.5. The highest BCUT2D eigenvalue weighted by Crippen LogP contribution is 2.37. The lowest BCUT2D eigenvalue weighted by Crippen LogP contribution is -2.47. The Labute approximate surface area is 465 Å². The molecule has 6 aromatic heterocycles. The number of carbonyl (C=O) groups excluding carboxylic acids is 2. The molecule has 0 spiro atoms. The van der Waals surface area contributed by atoms with E-state index in [1.807, 2.05) is 6.07 Å². The number of nitrogen functional groups attached to an aromatic ring is 1. The predicted octanol–water partition coefficient (Wildman–Crippen LogP) is 6.16. The number of nitrogens with one attached hydrogen (secondary N) is 4. The zero-order valence-electron chi connectivity index (χ0n) is 43.7. The van der Waals surface area contributed by atoms with Crippen LogP contribution < -0.4 is 31.7 Å². The topological polar surface area (TPSA) is 351 Å². The molecule has 2 amide bonds. The Morgan fingerprint density at radius 2 is 1.68 bits per heavy atom. The lowest BCUT2D eigenvalue weighted by molar-refractivity contribution is -0.137. The molecule has 6 heterocycles. The number of anilines is 3. The first-order valence-electron chi connectivity index (χ1n) is 25.4. The van der Waals surface area contributed by atoms with Crippen LogP contribution in [0.1, 0.15) is 83.6 Å². The minimum Gasteiger partial charge on any atom is -0.492 e. The summed E-state index contributed by atoms with van der Waals surface area (Å²) in [6, 6.07) is 12.0. The Hall–Kier alpha value is -9.39. The van der Waals surface area contributed by atoms with Crippen LogP contribution in [0.2, 0.25) is 5.02 Å². The third kappa shape index (κ3) is 15.7. The first kappa shape index (κ1) is 57.8. The van der Waals surface area contributed by atoms with Gasteiger partial charge in [0.1, 0.15) is 28.8 Å². The lowest BCUT2D eigenvalue weighted by Gasteiger charge is -2.20. The number of aliphatic carboxylic acids is 1. The molecule has 25 nitrogen and oxygen atoms in total. The Bertz CT molecular complexity index is 3580. The number of nitrogens with zero attached hydrogens (tertiary/aromatic N) is 12. The van der Waals surface area contributed by atoms with Crippen molar-refractivity contribution in [2.24, 2.45) is 0 Å². The van der Waals surface area contributed by atoms with Crippen molar-refractivity contribution in [1.29, 1.82) is 5.26 Å². The quantitative estimate of drug-likeness (QED) is 0.0270. The number of carboxylic acids is 1. The average Bonchev–Trinajstić information content (AvgIpc) is 4.02. The number of ether oxygens (including phenoxy) is 3. The summed E-state index contributed by atoms with van der Waals surface area (Å²) in [6.45, 7) is 5.41. The van der Waals surface area contributed by atoms with Crippen LogP contribution in [0, 0.1) is 29.9 Å². The van der Waals surface area contributed by atoms with E-state index in [0.29, 0.717) is 48.0 Å². The molecule has 0 saturated heterocycles. The first-order chi connectivity index (χ1) is 39.1. The van der Waals surface area contributed by atoms with Gasteiger partial charge in [0.2, 0.25) is 17.7 Å². The molecule has 0 fully saturated rings. The number of nitrogens with two attached hydrogens (primary N) is 1. The molecule has 2 aromatic carbocycles. The highest BCUT2D eigenvalue weighted by Gasteiger charge is 2.24. The van der Waals surface area contributed by atoms with Crippen LogP contribution in [-0.2, 0) is 38.8 Å². The maximum atomic E-state index is 15.5. The second-order valence-electron chi connectivity index (χ2n) is 18.2. The number of carboxylic acid groups (broad SMARTS) is 1. The standard InChI is InChI=1S/C53H54ClF2N17O8/c1-29(37-20-31(22-57)6-11-38(37)55)65-46-43(54)30(2)64-41-21-39(56)44(68-45(41)46)33-23-62-53(63-24-33)81-16-5-3-4-15-73-27-36(71-72-73)28-80-19-18-79-17-14-59-50(77)40(12-13-42(74)75)67-49(76)32-7-9-34(10-8-32)60-25-35-26-61-48-47(66-35)51(78)70-52(58)69-48/h6-11,20-21,23-24,26-27,29,40,60H,3-5,12-19,25,28H2,1-2H3,(H,59,77)(H,64,65)(H,67,76)(H,74,75)(H3,58,61,69,70,78)/t29-,40+/m1/s1. The first-order valence-corrected chi connectivity index (χ1v) is 25.7. The number of aryl methyl sites for hydroxylation is 2. The Balaban J connectivity index is 0.695. The second kappa shape index (κ2) is 27.5. The van der Waals surface area contributed by atoms with Gasteiger partial charge in [-0.25, -0.2) is 38.7 Å². The third-order valence-corrected chi connectivity index (χ3v) is 12.7. The zero-order chi connectivity index (χ0) is 57.4. The number of aromatic nitrogens is 11. The summed E-state index contributed by atoms with van der Waals surface area (Å²) in [5.41, 5.74) is 9.72. The van der Waals surface area contributed by atoms with Gasteiger partial charge in [-0.05, 0) is 82.0 Å². The van der Waals surface area contributed by atoms with Gasteiger partial charge in [-0.3, -0.25) is 19.1 Å². The molecule has 81 heavy (non-hydrogen) atoms. The van der Waals surface area contributed by atoms with E-state index in [2.05, 4.69) is 71.5 Å². The summed E-state index contributed by atoms with van der Waals surface area (Å²) in [6.07, 6.45) is 7.85. The van der Waals surface area contributed by atoms with Crippen molar-refractivity contribution in [3.05, 3.63) is 124 Å². The summed E-state index contributed by atoms with van der Waals surface area (Å²) < 4.78 is 49.0. The fraction of sp³-hybridized carbons (Fsp3) is 0.321. The highest BCUT2D eigenvalue weighted by molar-refractivity contribution is 6.35. The second-order valence-corrected chi connectivity index (χ2v) is 18.6. The maximum absolute atomic E-state index is 15.5. The molecule has 0 radical (unpaired) electrons. The molecule has 0 unspecified atom stereocenters. The van der Waals surface area contributed by atoms with Crippen molar-refractivity contribution >= 4 is 68.9 Å². The molecule has 0 aliphatic rings. The van der Waals surface area contributed by atoms with Crippen LogP contribution in [0.5, 0.6) is 11.9 Å². The smallest absolute Gasteiger partial charge is 0.316 e. The van der Waals surface area contributed by atoms with Gasteiger partial charge in [0.25, 0.3) is 5.91 Å². The maximum Gasteiger partial charge on any atom is 0.316 e. The number of carbonyl (C=O) groups is 3. The molecule has 28 heteroatoms. The van der Waals surface area contributed by atoms with Gasteiger partial charge in [0, 0.05) is 60.3 Å². The van der Waals surface area contributed by atoms with Crippen molar-refractivity contribution in [2.45, 2.75) is 77.7 Å². The van der Waals surface area contributed by atoms with Gasteiger partial charge in [-0.15, -0.1) is 5.10 Å². The summed E-state index contributed by atoms with van der Waals surface area (Å²) >= 11 is 6.68. The van der Waals surface area contributed by atoms with E-state index >= 15 is 4.39 Å². The van der Waals surface area contributed by atoms with Crippen LogP contribution >= 0.6 is 11.6 Å². The summed E-state index contributed by atoms with van der Waals surface area (Å²) in [4.78, 5) is 71.1. The Morgan fingerprint density at radius 3 is 2.46 bits per heavy atom. The number of benzene rings is 2. The number of hydrogen-bond acceptors (Lipinski definition) is 21. The summed E-state index contributed by atoms with van der Waals surface area (Å²) in [5.74, 6) is -3.96. The predicted molar refractivity (Wildman–Crippen MR) is 289 cm³/mol. The van der Waals surface area contributed by atoms with Crippen LogP contribution in [0.25, 0.3) is 33.5 Å². The Kier molecular flexibility index (Phi) is 19.6. The van der Waals surface area contributed by atoms with E-state index in [9.17, 15) is 34.2 Å². The van der Waals surface area contributed by atoms with Gasteiger partial charge in [0.15, 0.2) is 17.0 Å². The van der Waals surface area contributed by atoms with Gasteiger partial charge >= 0.3 is 12.0 Å². The van der Waals surface area contributed by atoms with E-state index in [1.165, 1.54) is 42.9 Å². The summed E-state index contributed by atoms with van der Waals surface area (Å²) in [7, 11) is 0. The van der Waals surface area contributed by atoms with Crippen LogP contribution in [0.3, 0.4) is 0 Å². The monoisotopic (exact) mass is 1130 g/mol. The van der Waals surface area contributed by atoms with E-state index in [-0.39, 0.29) is 119 Å². The molecule has 2 atom stereocenters. The minimum absolute atomic E-state index is 0.0529. The average molecular weight is 1130 g/mol. The molecule has 0 saturated carbocycles. The molecule has 420 valence electrons. The largest absolute Gasteiger partial charge is 0.492 e.